The summed E-state index contributed by atoms with van der Waals surface area (Å²) in [7, 11) is -2.23. The number of rotatable bonds is 7. The minimum atomic E-state index is -2.23. The summed E-state index contributed by atoms with van der Waals surface area (Å²) in [4.78, 5) is 22.5. The van der Waals surface area contributed by atoms with Crippen molar-refractivity contribution in [1.82, 2.24) is 0 Å². The van der Waals surface area contributed by atoms with Gasteiger partial charge in [0.25, 0.3) is 14.3 Å². The van der Waals surface area contributed by atoms with Crippen molar-refractivity contribution in [3.05, 3.63) is 0 Å². The first kappa shape index (κ1) is 21.2. The number of hydrogen-bond acceptors (Lipinski definition) is 3. The van der Waals surface area contributed by atoms with Crippen LogP contribution in [0.2, 0.25) is 18.6 Å². The molecule has 1 N–H and O–H groups in total. The molecule has 0 amide bonds. The Morgan fingerprint density at radius 2 is 1.36 bits per heavy atom. The van der Waals surface area contributed by atoms with Gasteiger partial charge < -0.3 is 9.53 Å². The second kappa shape index (κ2) is 7.62. The van der Waals surface area contributed by atoms with Crippen LogP contribution in [0.1, 0.15) is 67.2 Å². The first-order chi connectivity index (χ1) is 9.62. The minimum absolute atomic E-state index is 0.0382. The van der Waals surface area contributed by atoms with Gasteiger partial charge in [-0.3, -0.25) is 9.59 Å². The highest BCUT2D eigenvalue weighted by molar-refractivity contribution is 6.74. The molecular formula is C17H34O4Si. The molecule has 0 radical (unpaired) electrons. The zero-order chi connectivity index (χ0) is 17.8. The van der Waals surface area contributed by atoms with E-state index in [9.17, 15) is 9.59 Å². The number of carbonyl (C=O) groups is 2. The normalized spacial score (nSPS) is 13.3. The van der Waals surface area contributed by atoms with Crippen molar-refractivity contribution < 1.29 is 19.1 Å². The smallest absolute Gasteiger partial charge is 0.303 e. The van der Waals surface area contributed by atoms with Crippen LogP contribution in [-0.2, 0) is 14.0 Å². The molecule has 0 rings (SSSR count). The molecule has 0 aliphatic carbocycles. The Balaban J connectivity index is 4.99. The zero-order valence-electron chi connectivity index (χ0n) is 15.6. The lowest BCUT2D eigenvalue weighted by Crippen LogP contribution is -2.42. The van der Waals surface area contributed by atoms with E-state index in [1.165, 1.54) is 0 Å². The van der Waals surface area contributed by atoms with Crippen LogP contribution >= 0.6 is 0 Å². The van der Waals surface area contributed by atoms with Crippen LogP contribution in [-0.4, -0.2) is 25.4 Å². The fourth-order valence-electron chi connectivity index (χ4n) is 2.68. The van der Waals surface area contributed by atoms with Gasteiger partial charge in [-0.1, -0.05) is 41.5 Å². The van der Waals surface area contributed by atoms with Gasteiger partial charge >= 0.3 is 5.97 Å². The van der Waals surface area contributed by atoms with E-state index < -0.39 is 14.3 Å². The van der Waals surface area contributed by atoms with Gasteiger partial charge in [0.2, 0.25) is 0 Å². The SMILES string of the molecule is CC(C)(C)CC(CC(C)(C)C)[Si](C)(C)OC(=O)CCC(=O)O. The van der Waals surface area contributed by atoms with E-state index in [0.29, 0.717) is 5.54 Å². The summed E-state index contributed by atoms with van der Waals surface area (Å²) in [6.45, 7) is 17.4. The summed E-state index contributed by atoms with van der Waals surface area (Å²) in [5, 5.41) is 8.68. The summed E-state index contributed by atoms with van der Waals surface area (Å²) in [6.07, 6.45) is 1.82. The Labute approximate surface area is 136 Å². The van der Waals surface area contributed by atoms with E-state index in [0.717, 1.165) is 12.8 Å². The van der Waals surface area contributed by atoms with Crippen LogP contribution in [0.4, 0.5) is 0 Å². The van der Waals surface area contributed by atoms with Gasteiger partial charge in [-0.2, -0.15) is 0 Å². The molecule has 4 nitrogen and oxygen atoms in total. The fraction of sp³-hybridized carbons (Fsp3) is 0.882. The lowest BCUT2D eigenvalue weighted by Gasteiger charge is -2.39. The highest BCUT2D eigenvalue weighted by Crippen LogP contribution is 2.43. The number of carbonyl (C=O) groups excluding carboxylic acids is 1. The Bertz CT molecular complexity index is 372. The zero-order valence-corrected chi connectivity index (χ0v) is 16.6. The van der Waals surface area contributed by atoms with Crippen molar-refractivity contribution in [1.29, 1.82) is 0 Å². The standard InChI is InChI=1S/C17H34O4Si/c1-16(2,3)11-13(12-17(4,5)6)22(7,8)21-15(20)10-9-14(18)19/h13H,9-12H2,1-8H3,(H,18,19). The summed E-state index contributed by atoms with van der Waals surface area (Å²) >= 11 is 0. The van der Waals surface area contributed by atoms with E-state index in [1.807, 2.05) is 0 Å². The average molecular weight is 331 g/mol. The quantitative estimate of drug-likeness (QED) is 0.678. The minimum Gasteiger partial charge on any atom is -0.519 e. The molecule has 0 aliphatic rings. The lowest BCUT2D eigenvalue weighted by atomic mass is 9.83. The van der Waals surface area contributed by atoms with Gasteiger partial charge in [0.15, 0.2) is 0 Å². The van der Waals surface area contributed by atoms with Gasteiger partial charge in [0.05, 0.1) is 12.8 Å². The highest BCUT2D eigenvalue weighted by atomic mass is 28.4. The van der Waals surface area contributed by atoms with Gasteiger partial charge in [0, 0.05) is 0 Å². The predicted molar refractivity (Wildman–Crippen MR) is 92.3 cm³/mol. The Hall–Kier alpha value is -0.843. The maximum Gasteiger partial charge on any atom is 0.303 e. The van der Waals surface area contributed by atoms with Gasteiger partial charge in [0.1, 0.15) is 0 Å². The monoisotopic (exact) mass is 330 g/mol. The fourth-order valence-corrected chi connectivity index (χ4v) is 5.74. The summed E-state index contributed by atoms with van der Waals surface area (Å²) in [5.74, 6) is -1.33. The van der Waals surface area contributed by atoms with Crippen LogP contribution in [0.15, 0.2) is 0 Å². The van der Waals surface area contributed by atoms with E-state index >= 15 is 0 Å². The average Bonchev–Trinajstić information content (AvgIpc) is 2.20. The van der Waals surface area contributed by atoms with E-state index in [-0.39, 0.29) is 29.6 Å². The van der Waals surface area contributed by atoms with E-state index in [1.54, 1.807) is 0 Å². The maximum absolute atomic E-state index is 11.9. The third-order valence-electron chi connectivity index (χ3n) is 3.62. The largest absolute Gasteiger partial charge is 0.519 e. The molecule has 0 saturated heterocycles. The molecule has 0 heterocycles. The van der Waals surface area contributed by atoms with Crippen molar-refractivity contribution in [3.63, 3.8) is 0 Å². The maximum atomic E-state index is 11.9. The molecule has 22 heavy (non-hydrogen) atoms. The number of aliphatic carboxylic acids is 1. The molecule has 0 atom stereocenters. The van der Waals surface area contributed by atoms with Gasteiger partial charge in [-0.05, 0) is 42.3 Å². The molecule has 0 spiro atoms. The molecule has 0 aromatic rings. The second-order valence-corrected chi connectivity index (χ2v) is 13.4. The van der Waals surface area contributed by atoms with E-state index in [4.69, 9.17) is 9.53 Å². The number of hydrogen-bond donors (Lipinski definition) is 1. The van der Waals surface area contributed by atoms with Crippen molar-refractivity contribution in [2.24, 2.45) is 10.8 Å². The van der Waals surface area contributed by atoms with Crippen molar-refractivity contribution in [2.45, 2.75) is 85.9 Å². The molecule has 0 unspecified atom stereocenters. The Morgan fingerprint density at radius 3 is 1.68 bits per heavy atom. The molecule has 0 saturated carbocycles. The van der Waals surface area contributed by atoms with E-state index in [2.05, 4.69) is 54.6 Å². The summed E-state index contributed by atoms with van der Waals surface area (Å²) in [6, 6.07) is 0. The Morgan fingerprint density at radius 1 is 0.955 bits per heavy atom. The van der Waals surface area contributed by atoms with Crippen LogP contribution in [0.5, 0.6) is 0 Å². The topological polar surface area (TPSA) is 63.6 Å². The van der Waals surface area contributed by atoms with Crippen LogP contribution in [0.25, 0.3) is 0 Å². The molecule has 5 heteroatoms. The van der Waals surface area contributed by atoms with Gasteiger partial charge in [-0.15, -0.1) is 0 Å². The van der Waals surface area contributed by atoms with Crippen molar-refractivity contribution in [3.8, 4) is 0 Å². The summed E-state index contributed by atoms with van der Waals surface area (Å²) in [5.41, 5.74) is 0.711. The van der Waals surface area contributed by atoms with Crippen LogP contribution in [0.3, 0.4) is 0 Å². The highest BCUT2D eigenvalue weighted by Gasteiger charge is 2.40. The predicted octanol–water partition coefficient (Wildman–Crippen LogP) is 4.84. The van der Waals surface area contributed by atoms with Crippen LogP contribution in [0, 0.1) is 10.8 Å². The van der Waals surface area contributed by atoms with Crippen molar-refractivity contribution >= 4 is 20.3 Å². The Kier molecular flexibility index (Phi) is 7.33. The van der Waals surface area contributed by atoms with Crippen LogP contribution < -0.4 is 0 Å². The second-order valence-electron chi connectivity index (χ2n) is 9.20. The summed E-state index contributed by atoms with van der Waals surface area (Å²) < 4.78 is 5.78. The molecule has 130 valence electrons. The third kappa shape index (κ3) is 9.98. The molecular weight excluding hydrogens is 296 g/mol. The number of carboxylic acids is 1. The van der Waals surface area contributed by atoms with Gasteiger partial charge in [-0.25, -0.2) is 0 Å². The molecule has 0 aromatic carbocycles. The molecule has 0 fully saturated rings. The molecule has 0 aliphatic heterocycles. The van der Waals surface area contributed by atoms with Crippen molar-refractivity contribution in [2.75, 3.05) is 0 Å². The first-order valence-corrected chi connectivity index (χ1v) is 11.0. The first-order valence-electron chi connectivity index (χ1n) is 8.06. The molecule has 0 bridgehead atoms. The lowest BCUT2D eigenvalue weighted by molar-refractivity contribution is -0.142. The third-order valence-corrected chi connectivity index (χ3v) is 6.75. The molecule has 0 aromatic heterocycles. The number of carboxylic acid groups (broad SMARTS) is 1.